The van der Waals surface area contributed by atoms with Crippen LogP contribution in [0.15, 0.2) is 64.4 Å². The van der Waals surface area contributed by atoms with Gasteiger partial charge in [0.2, 0.25) is 16.0 Å². The van der Waals surface area contributed by atoms with Crippen LogP contribution in [0.4, 0.5) is 21.7 Å². The Morgan fingerprint density at radius 3 is 2.63 bits per heavy atom. The fraction of sp³-hybridized carbons (Fsp3) is 0.344. The number of morpholine rings is 1. The lowest BCUT2D eigenvalue weighted by molar-refractivity contribution is 0.0730. The molecular formula is C32H34FN7O5S. The third kappa shape index (κ3) is 6.68. The van der Waals surface area contributed by atoms with E-state index >= 15 is 4.39 Å². The van der Waals surface area contributed by atoms with Crippen LogP contribution in [0.3, 0.4) is 0 Å². The molecule has 12 nitrogen and oxygen atoms in total. The quantitative estimate of drug-likeness (QED) is 0.275. The van der Waals surface area contributed by atoms with Gasteiger partial charge in [-0.25, -0.2) is 17.8 Å². The molecule has 2 saturated heterocycles. The lowest BCUT2D eigenvalue weighted by Crippen LogP contribution is -2.43. The normalized spacial score (nSPS) is 15.7. The van der Waals surface area contributed by atoms with Crippen LogP contribution in [-0.2, 0) is 26.0 Å². The molecule has 0 radical (unpaired) electrons. The van der Waals surface area contributed by atoms with E-state index < -0.39 is 15.6 Å². The number of nitrogens with one attached hydrogen (secondary N) is 2. The third-order valence-corrected chi connectivity index (χ3v) is 9.78. The number of hydrogen-bond donors (Lipinski definition) is 2. The number of hydrogen-bond acceptors (Lipinski definition) is 10. The van der Waals surface area contributed by atoms with Crippen molar-refractivity contribution in [1.29, 1.82) is 0 Å². The Hall–Kier alpha value is -4.55. The molecule has 2 aliphatic rings. The molecule has 0 atom stereocenters. The van der Waals surface area contributed by atoms with E-state index in [1.54, 1.807) is 43.3 Å². The predicted molar refractivity (Wildman–Crippen MR) is 172 cm³/mol. The molecular weight excluding hydrogens is 613 g/mol. The summed E-state index contributed by atoms with van der Waals surface area (Å²) in [5.41, 5.74) is 1.28. The summed E-state index contributed by atoms with van der Waals surface area (Å²) < 4.78 is 55.7. The van der Waals surface area contributed by atoms with Crippen LogP contribution in [0, 0.1) is 17.8 Å². The van der Waals surface area contributed by atoms with Crippen LogP contribution in [-0.4, -0.2) is 86.3 Å². The summed E-state index contributed by atoms with van der Waals surface area (Å²) in [6, 6.07) is 13.0. The number of aromatic nitrogens is 3. The maximum absolute atomic E-state index is 15.1. The molecule has 2 N–H and O–H groups in total. The fourth-order valence-electron chi connectivity index (χ4n) is 5.48. The van der Waals surface area contributed by atoms with E-state index in [2.05, 4.69) is 32.6 Å². The largest absolute Gasteiger partial charge is 0.447 e. The first kappa shape index (κ1) is 31.4. The Bertz CT molecular complexity index is 1960. The summed E-state index contributed by atoms with van der Waals surface area (Å²) in [6.07, 6.45) is 4.07. The number of benzene rings is 2. The van der Waals surface area contributed by atoms with Gasteiger partial charge in [-0.15, -0.1) is 0 Å². The first-order valence-corrected chi connectivity index (χ1v) is 16.5. The van der Waals surface area contributed by atoms with E-state index in [4.69, 9.17) is 9.47 Å². The number of anilines is 3. The highest BCUT2D eigenvalue weighted by molar-refractivity contribution is 7.89. The third-order valence-electron chi connectivity index (χ3n) is 7.78. The topological polar surface area (TPSA) is 131 Å². The Morgan fingerprint density at radius 1 is 1.09 bits per heavy atom. The monoisotopic (exact) mass is 647 g/mol. The molecule has 0 spiro atoms. The molecule has 2 aromatic heterocycles. The second kappa shape index (κ2) is 13.8. The van der Waals surface area contributed by atoms with Crippen molar-refractivity contribution in [2.24, 2.45) is 0 Å². The number of fused-ring (bicyclic) bond motifs is 1. The minimum absolute atomic E-state index is 0.0928. The van der Waals surface area contributed by atoms with Crippen molar-refractivity contribution in [1.82, 2.24) is 24.2 Å². The molecule has 240 valence electrons. The van der Waals surface area contributed by atoms with Gasteiger partial charge in [0.25, 0.3) is 5.56 Å². The summed E-state index contributed by atoms with van der Waals surface area (Å²) in [5.74, 6) is 2.52. The molecule has 4 aromatic rings. The van der Waals surface area contributed by atoms with Crippen molar-refractivity contribution in [2.45, 2.75) is 18.4 Å². The van der Waals surface area contributed by atoms with Gasteiger partial charge < -0.3 is 25.0 Å². The summed E-state index contributed by atoms with van der Waals surface area (Å²) in [6.45, 7) is 6.10. The molecule has 2 aromatic carbocycles. The number of ether oxygens (including phenoxy) is 2. The lowest BCUT2D eigenvalue weighted by Gasteiger charge is -2.29. The maximum atomic E-state index is 15.1. The minimum Gasteiger partial charge on any atom is -0.447 e. The SMILES string of the molecule is CCOC#Cc1cc2cnc(Nc3ccc(N4CCNCC4)c(F)c3)nc2n(Cc2ccccc2S(=O)(=O)N2CCOCC2)c1=O. The molecule has 0 bridgehead atoms. The minimum atomic E-state index is -3.87. The highest BCUT2D eigenvalue weighted by Gasteiger charge is 2.29. The maximum Gasteiger partial charge on any atom is 0.268 e. The summed E-state index contributed by atoms with van der Waals surface area (Å²) in [5, 5.41) is 6.80. The number of halogens is 1. The summed E-state index contributed by atoms with van der Waals surface area (Å²) in [4.78, 5) is 25.0. The predicted octanol–water partition coefficient (Wildman–Crippen LogP) is 2.50. The van der Waals surface area contributed by atoms with E-state index in [9.17, 15) is 13.2 Å². The number of sulfonamides is 1. The molecule has 6 rings (SSSR count). The van der Waals surface area contributed by atoms with Gasteiger partial charge in [-0.05, 0) is 48.7 Å². The van der Waals surface area contributed by atoms with Crippen LogP contribution >= 0.6 is 0 Å². The zero-order chi connectivity index (χ0) is 32.1. The van der Waals surface area contributed by atoms with Crippen LogP contribution in [0.1, 0.15) is 18.1 Å². The molecule has 46 heavy (non-hydrogen) atoms. The lowest BCUT2D eigenvalue weighted by atomic mass is 10.2. The number of rotatable bonds is 8. The van der Waals surface area contributed by atoms with Gasteiger partial charge in [0.05, 0.1) is 42.5 Å². The smallest absolute Gasteiger partial charge is 0.268 e. The van der Waals surface area contributed by atoms with Gasteiger partial charge in [0, 0.05) is 56.5 Å². The molecule has 0 saturated carbocycles. The second-order valence-electron chi connectivity index (χ2n) is 10.7. The van der Waals surface area contributed by atoms with Crippen molar-refractivity contribution in [3.05, 3.63) is 82.0 Å². The van der Waals surface area contributed by atoms with Crippen molar-refractivity contribution < 1.29 is 22.3 Å². The number of pyridine rings is 1. The average molecular weight is 648 g/mol. The molecule has 0 unspecified atom stereocenters. The highest BCUT2D eigenvalue weighted by atomic mass is 32.2. The molecule has 0 amide bonds. The van der Waals surface area contributed by atoms with Crippen molar-refractivity contribution >= 4 is 38.4 Å². The van der Waals surface area contributed by atoms with Gasteiger partial charge >= 0.3 is 0 Å². The van der Waals surface area contributed by atoms with E-state index in [-0.39, 0.29) is 47.5 Å². The zero-order valence-electron chi connectivity index (χ0n) is 25.3. The van der Waals surface area contributed by atoms with E-state index in [0.717, 1.165) is 13.1 Å². The van der Waals surface area contributed by atoms with Gasteiger partial charge in [0.1, 0.15) is 17.6 Å². The first-order chi connectivity index (χ1) is 22.3. The first-order valence-electron chi connectivity index (χ1n) is 15.1. The van der Waals surface area contributed by atoms with Crippen LogP contribution in [0.5, 0.6) is 0 Å². The number of piperazine rings is 1. The van der Waals surface area contributed by atoms with E-state index in [1.165, 1.54) is 27.2 Å². The molecule has 2 aliphatic heterocycles. The Balaban J connectivity index is 1.39. The standard InChI is InChI=1S/C32H34FN7O5S/c1-2-44-16-9-23-19-25-21-35-32(36-26-7-8-28(27(33)20-26)38-12-10-34-11-13-38)37-30(25)40(31(23)41)22-24-5-3-4-6-29(24)46(42,43)39-14-17-45-18-15-39/h3-8,19-21,34H,2,10-15,17-18,22H2,1H3,(H,35,36,37). The van der Waals surface area contributed by atoms with Gasteiger partial charge in [-0.3, -0.25) is 9.36 Å². The zero-order valence-corrected chi connectivity index (χ0v) is 26.1. The Labute approximate surface area is 266 Å². The van der Waals surface area contributed by atoms with Gasteiger partial charge in [-0.1, -0.05) is 18.2 Å². The average Bonchev–Trinajstić information content (AvgIpc) is 3.08. The molecule has 4 heterocycles. The molecule has 0 aliphatic carbocycles. The summed E-state index contributed by atoms with van der Waals surface area (Å²) >= 11 is 0. The summed E-state index contributed by atoms with van der Waals surface area (Å²) in [7, 11) is -3.87. The van der Waals surface area contributed by atoms with Gasteiger partial charge in [0.15, 0.2) is 0 Å². The van der Waals surface area contributed by atoms with Crippen LogP contribution < -0.4 is 21.1 Å². The fourth-order valence-corrected chi connectivity index (χ4v) is 7.10. The second-order valence-corrected chi connectivity index (χ2v) is 12.6. The van der Waals surface area contributed by atoms with Crippen LogP contribution in [0.2, 0.25) is 0 Å². The van der Waals surface area contributed by atoms with E-state index in [1.807, 2.05) is 4.90 Å². The highest BCUT2D eigenvalue weighted by Crippen LogP contribution is 2.26. The van der Waals surface area contributed by atoms with Crippen molar-refractivity contribution in [3.8, 4) is 12.0 Å². The number of nitrogens with zero attached hydrogens (tertiary/aromatic N) is 5. The van der Waals surface area contributed by atoms with Gasteiger partial charge in [-0.2, -0.15) is 9.29 Å². The Morgan fingerprint density at radius 2 is 1.87 bits per heavy atom. The van der Waals surface area contributed by atoms with E-state index in [0.29, 0.717) is 55.2 Å². The molecule has 14 heteroatoms. The van der Waals surface area contributed by atoms with Crippen molar-refractivity contribution in [2.75, 3.05) is 69.3 Å². The Kier molecular flexibility index (Phi) is 9.46. The van der Waals surface area contributed by atoms with Crippen LogP contribution in [0.25, 0.3) is 11.0 Å². The molecule has 2 fully saturated rings. The van der Waals surface area contributed by atoms with Crippen molar-refractivity contribution in [3.63, 3.8) is 0 Å².